The molecule has 0 fully saturated rings. The molecule has 0 aromatic heterocycles. The summed E-state index contributed by atoms with van der Waals surface area (Å²) in [5, 5.41) is 0. The standard InChI is InChI=1S/C21H23F2N2O3S/c1-3-29(26,27)25(14-16(13-24)5-4-15(25)2)18-7-9-19(10-8-18)28-21-11-6-17(22)12-20(21)23/h4-12,14-15H,3,13,24H2,1-2H3/q+1. The Morgan fingerprint density at radius 2 is 1.83 bits per heavy atom. The van der Waals surface area contributed by atoms with Crippen molar-refractivity contribution in [3.05, 3.63) is 78.0 Å². The molecule has 1 aliphatic rings. The second-order valence-corrected chi connectivity index (χ2v) is 9.10. The molecule has 0 bridgehead atoms. The molecule has 29 heavy (non-hydrogen) atoms. The molecule has 8 heteroatoms. The highest BCUT2D eigenvalue weighted by Crippen LogP contribution is 2.38. The molecule has 0 amide bonds. The number of hydrogen-bond acceptors (Lipinski definition) is 4. The van der Waals surface area contributed by atoms with Gasteiger partial charge in [0.1, 0.15) is 23.8 Å². The molecule has 0 aliphatic carbocycles. The number of ether oxygens (including phenoxy) is 1. The maximum Gasteiger partial charge on any atom is 0.306 e. The van der Waals surface area contributed by atoms with E-state index in [1.165, 1.54) is 6.07 Å². The van der Waals surface area contributed by atoms with Gasteiger partial charge >= 0.3 is 10.0 Å². The third-order valence-corrected chi connectivity index (χ3v) is 7.27. The zero-order valence-corrected chi connectivity index (χ0v) is 17.0. The van der Waals surface area contributed by atoms with Crippen LogP contribution in [0.1, 0.15) is 13.8 Å². The second kappa shape index (κ2) is 8.06. The molecule has 0 saturated carbocycles. The highest BCUT2D eigenvalue weighted by molar-refractivity contribution is 7.91. The number of hydrogen-bond donors (Lipinski definition) is 1. The Bertz CT molecular complexity index is 1070. The molecule has 1 heterocycles. The predicted molar refractivity (Wildman–Crippen MR) is 110 cm³/mol. The number of halogens is 2. The maximum absolute atomic E-state index is 13.8. The van der Waals surface area contributed by atoms with Crippen LogP contribution in [0.5, 0.6) is 11.5 Å². The molecule has 2 unspecified atom stereocenters. The van der Waals surface area contributed by atoms with E-state index in [0.29, 0.717) is 17.0 Å². The highest BCUT2D eigenvalue weighted by atomic mass is 32.2. The van der Waals surface area contributed by atoms with E-state index in [9.17, 15) is 17.2 Å². The van der Waals surface area contributed by atoms with E-state index >= 15 is 0 Å². The second-order valence-electron chi connectivity index (χ2n) is 6.76. The molecule has 3 rings (SSSR count). The average Bonchev–Trinajstić information content (AvgIpc) is 2.71. The smallest absolute Gasteiger partial charge is 0.306 e. The Hall–Kier alpha value is -2.55. The first-order chi connectivity index (χ1) is 13.7. The van der Waals surface area contributed by atoms with E-state index in [1.807, 2.05) is 19.1 Å². The molecular weight excluding hydrogens is 398 g/mol. The first kappa shape index (κ1) is 21.2. The molecule has 0 saturated heterocycles. The van der Waals surface area contributed by atoms with Gasteiger partial charge in [-0.3, -0.25) is 0 Å². The van der Waals surface area contributed by atoms with Crippen molar-refractivity contribution in [2.75, 3.05) is 12.3 Å². The molecule has 1 aliphatic heterocycles. The van der Waals surface area contributed by atoms with Crippen molar-refractivity contribution in [2.24, 2.45) is 5.73 Å². The van der Waals surface area contributed by atoms with Crippen LogP contribution in [0.15, 0.2) is 66.4 Å². The lowest BCUT2D eigenvalue weighted by Crippen LogP contribution is -2.56. The normalized spacial score (nSPS) is 21.7. The van der Waals surface area contributed by atoms with Crippen LogP contribution in [0.2, 0.25) is 0 Å². The first-order valence-electron chi connectivity index (χ1n) is 9.18. The van der Waals surface area contributed by atoms with Gasteiger partial charge in [0.15, 0.2) is 17.3 Å². The van der Waals surface area contributed by atoms with Crippen LogP contribution in [0, 0.1) is 11.6 Å². The van der Waals surface area contributed by atoms with Crippen LogP contribution < -0.4 is 14.4 Å². The Morgan fingerprint density at radius 1 is 1.14 bits per heavy atom. The van der Waals surface area contributed by atoms with E-state index in [-0.39, 0.29) is 24.1 Å². The predicted octanol–water partition coefficient (Wildman–Crippen LogP) is 4.22. The largest absolute Gasteiger partial charge is 0.454 e. The lowest BCUT2D eigenvalue weighted by Gasteiger charge is -2.38. The molecule has 5 nitrogen and oxygen atoms in total. The summed E-state index contributed by atoms with van der Waals surface area (Å²) in [6, 6.07) is 9.04. The average molecular weight is 421 g/mol. The van der Waals surface area contributed by atoms with E-state index in [1.54, 1.807) is 37.4 Å². The topological polar surface area (TPSA) is 69.4 Å². The van der Waals surface area contributed by atoms with Gasteiger partial charge in [-0.1, -0.05) is 6.08 Å². The van der Waals surface area contributed by atoms with Crippen LogP contribution >= 0.6 is 0 Å². The monoisotopic (exact) mass is 421 g/mol. The molecular formula is C21H23F2N2O3S+. The van der Waals surface area contributed by atoms with Crippen molar-refractivity contribution in [1.29, 1.82) is 0 Å². The Labute approximate surface area is 169 Å². The Morgan fingerprint density at radius 3 is 2.41 bits per heavy atom. The number of rotatable bonds is 6. The number of nitrogens with two attached hydrogens (primary N) is 1. The number of quaternary nitrogens is 1. The van der Waals surface area contributed by atoms with Crippen LogP contribution in [-0.4, -0.2) is 26.8 Å². The lowest BCUT2D eigenvalue weighted by molar-refractivity contribution is 0.435. The summed E-state index contributed by atoms with van der Waals surface area (Å²) in [5.74, 6) is -1.40. The summed E-state index contributed by atoms with van der Waals surface area (Å²) in [5.41, 5.74) is 6.99. The van der Waals surface area contributed by atoms with Crippen LogP contribution in [-0.2, 0) is 10.0 Å². The fourth-order valence-corrected chi connectivity index (χ4v) is 5.11. The molecule has 0 spiro atoms. The first-order valence-corrected chi connectivity index (χ1v) is 10.8. The van der Waals surface area contributed by atoms with Gasteiger partial charge in [-0.05, 0) is 44.2 Å². The molecule has 2 N–H and O–H groups in total. The fourth-order valence-electron chi connectivity index (χ4n) is 3.37. The summed E-state index contributed by atoms with van der Waals surface area (Å²) in [7, 11) is -3.60. The maximum atomic E-state index is 13.8. The van der Waals surface area contributed by atoms with Crippen molar-refractivity contribution in [3.8, 4) is 11.5 Å². The summed E-state index contributed by atoms with van der Waals surface area (Å²) in [4.78, 5) is 0. The van der Waals surface area contributed by atoms with Crippen molar-refractivity contribution in [1.82, 2.24) is 3.89 Å². The summed E-state index contributed by atoms with van der Waals surface area (Å²) >= 11 is 0. The van der Waals surface area contributed by atoms with Gasteiger partial charge in [0.2, 0.25) is 0 Å². The van der Waals surface area contributed by atoms with Crippen molar-refractivity contribution in [2.45, 2.75) is 19.9 Å². The quantitative estimate of drug-likeness (QED) is 0.710. The van der Waals surface area contributed by atoms with Gasteiger partial charge in [0.25, 0.3) is 0 Å². The number of sulfonamides is 1. The van der Waals surface area contributed by atoms with Gasteiger partial charge in [-0.2, -0.15) is 12.3 Å². The van der Waals surface area contributed by atoms with Crippen molar-refractivity contribution < 1.29 is 21.9 Å². The fraction of sp³-hybridized carbons (Fsp3) is 0.238. The van der Waals surface area contributed by atoms with Gasteiger partial charge in [-0.25, -0.2) is 8.78 Å². The zero-order valence-electron chi connectivity index (χ0n) is 16.2. The van der Waals surface area contributed by atoms with Gasteiger partial charge < -0.3 is 10.5 Å². The molecule has 2 atom stereocenters. The molecule has 0 radical (unpaired) electrons. The van der Waals surface area contributed by atoms with E-state index < -0.39 is 25.5 Å². The van der Waals surface area contributed by atoms with Gasteiger partial charge in [0.05, 0.1) is 5.75 Å². The van der Waals surface area contributed by atoms with E-state index in [0.717, 1.165) is 12.1 Å². The lowest BCUT2D eigenvalue weighted by atomic mass is 10.1. The van der Waals surface area contributed by atoms with Gasteiger partial charge in [0, 0.05) is 30.3 Å². The minimum absolute atomic E-state index is 0.0570. The summed E-state index contributed by atoms with van der Waals surface area (Å²) < 4.78 is 58.2. The summed E-state index contributed by atoms with van der Waals surface area (Å²) in [6.07, 6.45) is 5.33. The van der Waals surface area contributed by atoms with Crippen molar-refractivity contribution in [3.63, 3.8) is 0 Å². The SMILES string of the molecule is CCS(=O)(=O)[N+]1(c2ccc(Oc3ccc(F)cc3F)cc2)C=C(CN)C=CC1C. The number of nitrogens with zero attached hydrogens (tertiary/aromatic N) is 1. The van der Waals surface area contributed by atoms with Crippen LogP contribution in [0.3, 0.4) is 0 Å². The third-order valence-electron chi connectivity index (χ3n) is 4.97. The van der Waals surface area contributed by atoms with Gasteiger partial charge in [-0.15, -0.1) is 0 Å². The molecule has 154 valence electrons. The van der Waals surface area contributed by atoms with Crippen molar-refractivity contribution >= 4 is 15.7 Å². The van der Waals surface area contributed by atoms with E-state index in [4.69, 9.17) is 10.5 Å². The van der Waals surface area contributed by atoms with Crippen LogP contribution in [0.4, 0.5) is 14.5 Å². The van der Waals surface area contributed by atoms with Crippen LogP contribution in [0.25, 0.3) is 0 Å². The highest BCUT2D eigenvalue weighted by Gasteiger charge is 2.47. The Balaban J connectivity index is 2.03. The minimum Gasteiger partial charge on any atom is -0.454 e. The van der Waals surface area contributed by atoms with E-state index in [2.05, 4.69) is 0 Å². The molecule has 2 aromatic rings. The zero-order chi connectivity index (χ0) is 21.2. The Kier molecular flexibility index (Phi) is 5.88. The molecule has 2 aromatic carbocycles. The summed E-state index contributed by atoms with van der Waals surface area (Å²) in [6.45, 7) is 3.64. The minimum atomic E-state index is -3.60. The third kappa shape index (κ3) is 3.83. The number of benzene rings is 2.